The summed E-state index contributed by atoms with van der Waals surface area (Å²) in [5.41, 5.74) is 0.915. The van der Waals surface area contributed by atoms with E-state index in [9.17, 15) is 12.8 Å². The zero-order chi connectivity index (χ0) is 19.6. The molecule has 1 aliphatic carbocycles. The average Bonchev–Trinajstić information content (AvgIpc) is 3.33. The minimum atomic E-state index is -3.39. The minimum Gasteiger partial charge on any atom is -0.303 e. The number of hydrogen-bond acceptors (Lipinski definition) is 5. The first-order valence-electron chi connectivity index (χ1n) is 9.92. The number of benzene rings is 1. The normalized spacial score (nSPS) is 21.1. The van der Waals surface area contributed by atoms with E-state index in [1.54, 1.807) is 12.1 Å². The van der Waals surface area contributed by atoms with Crippen LogP contribution in [0.3, 0.4) is 0 Å². The zero-order valence-corrected chi connectivity index (χ0v) is 16.6. The molecule has 1 aromatic carbocycles. The van der Waals surface area contributed by atoms with Crippen LogP contribution in [0.5, 0.6) is 0 Å². The Balaban J connectivity index is 1.48. The van der Waals surface area contributed by atoms with Crippen molar-refractivity contribution in [3.8, 4) is 0 Å². The van der Waals surface area contributed by atoms with Gasteiger partial charge in [-0.3, -0.25) is 9.40 Å². The lowest BCUT2D eigenvalue weighted by Gasteiger charge is -2.29. The topological polar surface area (TPSA) is 91.0 Å². The number of aromatic amines is 1. The Labute approximate surface area is 164 Å². The monoisotopic (exact) mass is 407 g/mol. The summed E-state index contributed by atoms with van der Waals surface area (Å²) in [5.74, 6) is 0.863. The first-order valence-corrected chi connectivity index (χ1v) is 11.5. The number of aromatic nitrogens is 3. The number of halogens is 1. The summed E-state index contributed by atoms with van der Waals surface area (Å²) in [5, 5.41) is 10.5. The molecular weight excluding hydrogens is 381 g/mol. The highest BCUT2D eigenvalue weighted by Crippen LogP contribution is 2.33. The Morgan fingerprint density at radius 1 is 1.25 bits per heavy atom. The molecule has 152 valence electrons. The zero-order valence-electron chi connectivity index (χ0n) is 15.8. The van der Waals surface area contributed by atoms with Crippen molar-refractivity contribution >= 4 is 15.7 Å². The lowest BCUT2D eigenvalue weighted by Crippen LogP contribution is -2.30. The predicted molar refractivity (Wildman–Crippen MR) is 105 cm³/mol. The van der Waals surface area contributed by atoms with Crippen molar-refractivity contribution in [3.63, 3.8) is 0 Å². The van der Waals surface area contributed by atoms with E-state index in [4.69, 9.17) is 0 Å². The number of nitrogens with zero attached hydrogens (tertiary/aromatic N) is 3. The third kappa shape index (κ3) is 4.05. The second-order valence-electron chi connectivity index (χ2n) is 7.65. The van der Waals surface area contributed by atoms with Gasteiger partial charge in [-0.2, -0.15) is 5.10 Å². The first kappa shape index (κ1) is 19.3. The lowest BCUT2D eigenvalue weighted by atomic mass is 9.83. The van der Waals surface area contributed by atoms with Crippen LogP contribution in [-0.4, -0.2) is 35.9 Å². The van der Waals surface area contributed by atoms with Gasteiger partial charge < -0.3 is 5.32 Å². The molecule has 2 aromatic rings. The lowest BCUT2D eigenvalue weighted by molar-refractivity contribution is 0.262. The van der Waals surface area contributed by atoms with Crippen molar-refractivity contribution in [2.75, 3.05) is 16.6 Å². The molecule has 1 saturated heterocycles. The molecule has 2 fully saturated rings. The van der Waals surface area contributed by atoms with Crippen molar-refractivity contribution in [1.82, 2.24) is 20.5 Å². The summed E-state index contributed by atoms with van der Waals surface area (Å²) in [7, 11) is -3.39. The van der Waals surface area contributed by atoms with Crippen LogP contribution >= 0.6 is 0 Å². The van der Waals surface area contributed by atoms with Crippen molar-refractivity contribution in [3.05, 3.63) is 41.7 Å². The van der Waals surface area contributed by atoms with E-state index in [2.05, 4.69) is 20.5 Å². The number of anilines is 1. The Morgan fingerprint density at radius 3 is 2.71 bits per heavy atom. The van der Waals surface area contributed by atoms with Crippen LogP contribution in [0, 0.1) is 11.7 Å². The largest absolute Gasteiger partial charge is 0.303 e. The summed E-state index contributed by atoms with van der Waals surface area (Å²) in [6.07, 6.45) is 8.01. The third-order valence-electron chi connectivity index (χ3n) is 5.76. The van der Waals surface area contributed by atoms with Gasteiger partial charge in [0, 0.05) is 13.1 Å². The molecule has 0 amide bonds. The van der Waals surface area contributed by atoms with Gasteiger partial charge in [0.05, 0.1) is 17.5 Å². The fourth-order valence-electron chi connectivity index (χ4n) is 4.32. The fourth-order valence-corrected chi connectivity index (χ4v) is 5.89. The van der Waals surface area contributed by atoms with Crippen LogP contribution in [0.2, 0.25) is 0 Å². The molecule has 2 aliphatic rings. The molecule has 7 nitrogen and oxygen atoms in total. The van der Waals surface area contributed by atoms with Gasteiger partial charge in [0.25, 0.3) is 0 Å². The standard InChI is InChI=1S/C19H26FN5O2S/c20-16-11-14(7-8-17(16)25-9-4-10-28(25,26)27)12-21-18(19-22-13-23-24-19)15-5-2-1-3-6-15/h7-8,11,13,15,18,21H,1-6,9-10,12H2,(H,22,23,24). The predicted octanol–water partition coefficient (Wildman–Crippen LogP) is 2.89. The third-order valence-corrected chi connectivity index (χ3v) is 7.61. The highest BCUT2D eigenvalue weighted by molar-refractivity contribution is 7.93. The molecule has 0 bridgehead atoms. The van der Waals surface area contributed by atoms with Gasteiger partial charge in [-0.05, 0) is 42.9 Å². The molecule has 9 heteroatoms. The van der Waals surface area contributed by atoms with Gasteiger partial charge in [0.15, 0.2) is 0 Å². The van der Waals surface area contributed by atoms with Gasteiger partial charge in [-0.1, -0.05) is 25.3 Å². The van der Waals surface area contributed by atoms with Crippen molar-refractivity contribution in [1.29, 1.82) is 0 Å². The molecule has 2 N–H and O–H groups in total. The molecule has 4 rings (SSSR count). The van der Waals surface area contributed by atoms with Crippen molar-refractivity contribution < 1.29 is 12.8 Å². The Kier molecular flexibility index (Phi) is 5.63. The van der Waals surface area contributed by atoms with Crippen LogP contribution in [-0.2, 0) is 16.6 Å². The van der Waals surface area contributed by atoms with Crippen LogP contribution in [0.25, 0.3) is 0 Å². The Morgan fingerprint density at radius 2 is 2.07 bits per heavy atom. The molecule has 1 saturated carbocycles. The second-order valence-corrected chi connectivity index (χ2v) is 9.67. The van der Waals surface area contributed by atoms with E-state index in [0.717, 1.165) is 24.2 Å². The van der Waals surface area contributed by atoms with E-state index in [1.807, 2.05) is 0 Å². The number of H-pyrrole nitrogens is 1. The van der Waals surface area contributed by atoms with Crippen LogP contribution < -0.4 is 9.62 Å². The van der Waals surface area contributed by atoms with Crippen LogP contribution in [0.4, 0.5) is 10.1 Å². The minimum absolute atomic E-state index is 0.0458. The van der Waals surface area contributed by atoms with E-state index in [0.29, 0.717) is 25.4 Å². The number of hydrogen-bond donors (Lipinski definition) is 2. The molecule has 0 spiro atoms. The second kappa shape index (κ2) is 8.16. The number of nitrogens with one attached hydrogen (secondary N) is 2. The van der Waals surface area contributed by atoms with Gasteiger partial charge in [-0.25, -0.2) is 17.8 Å². The van der Waals surface area contributed by atoms with Crippen molar-refractivity contribution in [2.45, 2.75) is 51.1 Å². The molecule has 0 radical (unpaired) electrons. The molecule has 2 heterocycles. The first-order chi connectivity index (χ1) is 13.5. The van der Waals surface area contributed by atoms with Gasteiger partial charge in [0.1, 0.15) is 18.0 Å². The van der Waals surface area contributed by atoms with Gasteiger partial charge in [-0.15, -0.1) is 0 Å². The molecule has 1 atom stereocenters. The smallest absolute Gasteiger partial charge is 0.235 e. The maximum atomic E-state index is 14.6. The number of sulfonamides is 1. The molecular formula is C19H26FN5O2S. The number of rotatable bonds is 6. The maximum Gasteiger partial charge on any atom is 0.235 e. The molecule has 1 aromatic heterocycles. The van der Waals surface area contributed by atoms with E-state index in [1.165, 1.54) is 36.0 Å². The average molecular weight is 408 g/mol. The van der Waals surface area contributed by atoms with E-state index >= 15 is 0 Å². The quantitative estimate of drug-likeness (QED) is 0.768. The van der Waals surface area contributed by atoms with E-state index in [-0.39, 0.29) is 17.5 Å². The van der Waals surface area contributed by atoms with Gasteiger partial charge >= 0.3 is 0 Å². The Bertz CT molecular complexity index is 897. The highest BCUT2D eigenvalue weighted by Gasteiger charge is 2.30. The fraction of sp³-hybridized carbons (Fsp3) is 0.579. The maximum absolute atomic E-state index is 14.6. The highest BCUT2D eigenvalue weighted by atomic mass is 32.2. The Hall–Kier alpha value is -2.00. The van der Waals surface area contributed by atoms with Gasteiger partial charge in [0.2, 0.25) is 10.0 Å². The van der Waals surface area contributed by atoms with Crippen molar-refractivity contribution in [2.24, 2.45) is 5.92 Å². The summed E-state index contributed by atoms with van der Waals surface area (Å²) in [6.45, 7) is 0.817. The van der Waals surface area contributed by atoms with E-state index < -0.39 is 15.8 Å². The summed E-state index contributed by atoms with van der Waals surface area (Å²) >= 11 is 0. The summed E-state index contributed by atoms with van der Waals surface area (Å²) < 4.78 is 39.9. The summed E-state index contributed by atoms with van der Waals surface area (Å²) in [6, 6.07) is 4.83. The SMILES string of the molecule is O=S1(=O)CCCN1c1ccc(CNC(c2ncn[nH]2)C2CCCCC2)cc1F. The summed E-state index contributed by atoms with van der Waals surface area (Å²) in [4.78, 5) is 4.33. The molecule has 1 unspecified atom stereocenters. The molecule has 1 aliphatic heterocycles. The van der Waals surface area contributed by atoms with Crippen LogP contribution in [0.15, 0.2) is 24.5 Å². The molecule has 28 heavy (non-hydrogen) atoms. The van der Waals surface area contributed by atoms with Crippen LogP contribution in [0.1, 0.15) is 56.0 Å².